The van der Waals surface area contributed by atoms with E-state index in [1.54, 1.807) is 7.11 Å². The lowest BCUT2D eigenvalue weighted by molar-refractivity contribution is -0.118. The monoisotopic (exact) mass is 441 g/mol. The molecule has 6 heteroatoms. The molecule has 33 heavy (non-hydrogen) atoms. The van der Waals surface area contributed by atoms with Gasteiger partial charge in [-0.15, -0.1) is 0 Å². The number of carbonyl (C=O) groups excluding carboxylic acids is 1. The van der Waals surface area contributed by atoms with Crippen molar-refractivity contribution in [3.8, 4) is 17.0 Å². The molecule has 2 atom stereocenters. The number of ether oxygens (including phenoxy) is 1. The van der Waals surface area contributed by atoms with Gasteiger partial charge in [0.1, 0.15) is 5.75 Å². The SMILES string of the molecule is C.COc1ccc2c(c1)[C@]1(CC1c1ccc3c(-c4cccc(CCO)c4)n[nH]c3c1)C(=O)N2. The zero-order valence-electron chi connectivity index (χ0n) is 17.7. The fourth-order valence-electron chi connectivity index (χ4n) is 5.18. The van der Waals surface area contributed by atoms with Crippen molar-refractivity contribution in [2.45, 2.75) is 31.6 Å². The minimum Gasteiger partial charge on any atom is -0.497 e. The molecule has 1 saturated carbocycles. The Morgan fingerprint density at radius 3 is 2.85 bits per heavy atom. The largest absolute Gasteiger partial charge is 0.497 e. The molecule has 1 amide bonds. The molecular weight excluding hydrogens is 414 g/mol. The molecule has 1 spiro atoms. The van der Waals surface area contributed by atoms with Crippen LogP contribution in [0.15, 0.2) is 60.7 Å². The van der Waals surface area contributed by atoms with Crippen LogP contribution in [0.5, 0.6) is 5.75 Å². The van der Waals surface area contributed by atoms with Crippen molar-refractivity contribution in [3.05, 3.63) is 77.4 Å². The summed E-state index contributed by atoms with van der Waals surface area (Å²) in [5.41, 5.74) is 6.48. The summed E-state index contributed by atoms with van der Waals surface area (Å²) in [6.07, 6.45) is 1.41. The van der Waals surface area contributed by atoms with Gasteiger partial charge in [-0.05, 0) is 59.9 Å². The fraction of sp³-hybridized carbons (Fsp3) is 0.259. The molecule has 0 saturated heterocycles. The predicted molar refractivity (Wildman–Crippen MR) is 130 cm³/mol. The number of aliphatic hydroxyl groups is 1. The smallest absolute Gasteiger partial charge is 0.235 e. The summed E-state index contributed by atoms with van der Waals surface area (Å²) in [4.78, 5) is 12.9. The van der Waals surface area contributed by atoms with E-state index in [2.05, 4.69) is 39.8 Å². The highest BCUT2D eigenvalue weighted by Gasteiger charge is 2.65. The van der Waals surface area contributed by atoms with E-state index in [0.717, 1.165) is 56.7 Å². The van der Waals surface area contributed by atoms with Crippen LogP contribution in [0.25, 0.3) is 22.2 Å². The zero-order valence-corrected chi connectivity index (χ0v) is 17.7. The molecular formula is C27H27N3O3. The van der Waals surface area contributed by atoms with E-state index >= 15 is 0 Å². The van der Waals surface area contributed by atoms with E-state index in [1.165, 1.54) is 0 Å². The molecule has 168 valence electrons. The number of carbonyl (C=O) groups is 1. The summed E-state index contributed by atoms with van der Waals surface area (Å²) in [7, 11) is 1.65. The molecule has 0 radical (unpaired) electrons. The van der Waals surface area contributed by atoms with Crippen LogP contribution in [0, 0.1) is 0 Å². The van der Waals surface area contributed by atoms with Crippen molar-refractivity contribution < 1.29 is 14.6 Å². The van der Waals surface area contributed by atoms with Gasteiger partial charge in [-0.25, -0.2) is 0 Å². The molecule has 0 bridgehead atoms. The average Bonchev–Trinajstić information content (AvgIpc) is 3.34. The van der Waals surface area contributed by atoms with Gasteiger partial charge < -0.3 is 15.2 Å². The van der Waals surface area contributed by atoms with Crippen LogP contribution in [0.1, 0.15) is 36.5 Å². The molecule has 1 aliphatic carbocycles. The molecule has 4 aromatic rings. The molecule has 3 aromatic carbocycles. The first-order valence-corrected chi connectivity index (χ1v) is 10.8. The molecule has 6 rings (SSSR count). The van der Waals surface area contributed by atoms with Crippen LogP contribution in [0.4, 0.5) is 5.69 Å². The molecule has 2 heterocycles. The number of fused-ring (bicyclic) bond motifs is 3. The van der Waals surface area contributed by atoms with Crippen molar-refractivity contribution in [2.75, 3.05) is 19.0 Å². The number of amides is 1. The van der Waals surface area contributed by atoms with Crippen molar-refractivity contribution in [3.63, 3.8) is 0 Å². The predicted octanol–water partition coefficient (Wildman–Crippen LogP) is 4.79. The van der Waals surface area contributed by atoms with Gasteiger partial charge in [-0.1, -0.05) is 37.8 Å². The average molecular weight is 442 g/mol. The highest BCUT2D eigenvalue weighted by Crippen LogP contribution is 2.65. The Kier molecular flexibility index (Phi) is 4.98. The molecule has 1 unspecified atom stereocenters. The Bertz CT molecular complexity index is 1380. The highest BCUT2D eigenvalue weighted by atomic mass is 16.5. The third-order valence-electron chi connectivity index (χ3n) is 6.91. The first-order valence-electron chi connectivity index (χ1n) is 10.8. The number of H-pyrrole nitrogens is 1. The lowest BCUT2D eigenvalue weighted by Crippen LogP contribution is -2.21. The van der Waals surface area contributed by atoms with Gasteiger partial charge >= 0.3 is 0 Å². The zero-order chi connectivity index (χ0) is 21.9. The van der Waals surface area contributed by atoms with Crippen LogP contribution in [-0.4, -0.2) is 34.9 Å². The molecule has 1 aromatic heterocycles. The lowest BCUT2D eigenvalue weighted by atomic mass is 9.91. The number of benzene rings is 3. The van der Waals surface area contributed by atoms with Crippen molar-refractivity contribution in [1.29, 1.82) is 0 Å². The van der Waals surface area contributed by atoms with Gasteiger partial charge in [0, 0.05) is 29.2 Å². The third-order valence-corrected chi connectivity index (χ3v) is 6.91. The second-order valence-electron chi connectivity index (χ2n) is 8.64. The number of nitrogens with one attached hydrogen (secondary N) is 2. The van der Waals surface area contributed by atoms with Crippen LogP contribution in [-0.2, 0) is 16.6 Å². The van der Waals surface area contributed by atoms with Crippen molar-refractivity contribution in [2.24, 2.45) is 0 Å². The summed E-state index contributed by atoms with van der Waals surface area (Å²) in [5, 5.41) is 21.1. The van der Waals surface area contributed by atoms with E-state index in [1.807, 2.05) is 36.4 Å². The topological polar surface area (TPSA) is 87.2 Å². The van der Waals surface area contributed by atoms with Gasteiger partial charge in [0.05, 0.1) is 23.7 Å². The quantitative estimate of drug-likeness (QED) is 0.416. The summed E-state index contributed by atoms with van der Waals surface area (Å²) in [6.45, 7) is 0.125. The number of aromatic amines is 1. The Morgan fingerprint density at radius 1 is 1.15 bits per heavy atom. The number of aliphatic hydroxyl groups excluding tert-OH is 1. The number of hydrogen-bond acceptors (Lipinski definition) is 4. The number of hydrogen-bond donors (Lipinski definition) is 3. The lowest BCUT2D eigenvalue weighted by Gasteiger charge is -2.10. The van der Waals surface area contributed by atoms with Crippen LogP contribution in [0.3, 0.4) is 0 Å². The Hall–Kier alpha value is -3.64. The third kappa shape index (κ3) is 3.13. The van der Waals surface area contributed by atoms with Crippen molar-refractivity contribution >= 4 is 22.5 Å². The fourth-order valence-corrected chi connectivity index (χ4v) is 5.18. The first kappa shape index (κ1) is 21.2. The Balaban J connectivity index is 0.00000228. The molecule has 2 aliphatic rings. The van der Waals surface area contributed by atoms with E-state index < -0.39 is 5.41 Å². The maximum atomic E-state index is 12.9. The maximum absolute atomic E-state index is 12.9. The van der Waals surface area contributed by atoms with E-state index in [0.29, 0.717) is 6.42 Å². The highest BCUT2D eigenvalue weighted by molar-refractivity contribution is 6.10. The van der Waals surface area contributed by atoms with E-state index in [-0.39, 0.29) is 25.9 Å². The summed E-state index contributed by atoms with van der Waals surface area (Å²) in [5.74, 6) is 0.958. The van der Waals surface area contributed by atoms with E-state index in [9.17, 15) is 9.90 Å². The number of anilines is 1. The van der Waals surface area contributed by atoms with Gasteiger partial charge in [-0.2, -0.15) is 5.10 Å². The summed E-state index contributed by atoms with van der Waals surface area (Å²) in [6, 6.07) is 20.2. The first-order chi connectivity index (χ1) is 15.6. The van der Waals surface area contributed by atoms with Gasteiger partial charge in [0.15, 0.2) is 0 Å². The number of rotatable bonds is 5. The second kappa shape index (κ2) is 7.74. The molecule has 1 fully saturated rings. The van der Waals surface area contributed by atoms with E-state index in [4.69, 9.17) is 4.74 Å². The number of aromatic nitrogens is 2. The van der Waals surface area contributed by atoms with Gasteiger partial charge in [0.2, 0.25) is 5.91 Å². The minimum absolute atomic E-state index is 0. The molecule has 3 N–H and O–H groups in total. The number of nitrogens with zero attached hydrogens (tertiary/aromatic N) is 1. The summed E-state index contributed by atoms with van der Waals surface area (Å²) >= 11 is 0. The molecule has 6 nitrogen and oxygen atoms in total. The summed E-state index contributed by atoms with van der Waals surface area (Å²) < 4.78 is 5.40. The second-order valence-corrected chi connectivity index (χ2v) is 8.64. The normalized spacial score (nSPS) is 20.4. The van der Waals surface area contributed by atoms with Crippen molar-refractivity contribution in [1.82, 2.24) is 10.2 Å². The van der Waals surface area contributed by atoms with Crippen LogP contribution >= 0.6 is 0 Å². The maximum Gasteiger partial charge on any atom is 0.235 e. The molecule has 1 aliphatic heterocycles. The van der Waals surface area contributed by atoms with Gasteiger partial charge in [0.25, 0.3) is 0 Å². The standard InChI is InChI=1S/C26H23N3O3.CH4/c1-32-18-6-8-22-20(13-18)26(25(31)27-22)14-21(26)16-5-7-19-23(12-16)28-29-24(19)17-4-2-3-15(11-17)9-10-30;/h2-8,11-13,21,30H,9-10,14H2,1H3,(H,27,31)(H,28,29);1H4/t21?,26-;/m0./s1. The van der Waals surface area contributed by atoms with Gasteiger partial charge in [-0.3, -0.25) is 9.89 Å². The van der Waals surface area contributed by atoms with Crippen LogP contribution in [0.2, 0.25) is 0 Å². The minimum atomic E-state index is -0.515. The Labute approximate surface area is 192 Å². The Morgan fingerprint density at radius 2 is 2.03 bits per heavy atom. The van der Waals surface area contributed by atoms with Crippen LogP contribution < -0.4 is 10.1 Å². The number of methoxy groups -OCH3 is 1.